The maximum atomic E-state index is 12.5. The maximum Gasteiger partial charge on any atom is 0.417 e. The van der Waals surface area contributed by atoms with Crippen LogP contribution in [0.15, 0.2) is 47.6 Å². The molecule has 2 rings (SSSR count). The number of nitrogens with zero attached hydrogens (tertiary/aromatic N) is 1. The van der Waals surface area contributed by atoms with Crippen LogP contribution in [0, 0.1) is 0 Å². The first-order valence-electron chi connectivity index (χ1n) is 7.10. The van der Waals surface area contributed by atoms with Crippen LogP contribution in [0.25, 0.3) is 0 Å². The van der Waals surface area contributed by atoms with Gasteiger partial charge in [-0.1, -0.05) is 18.2 Å². The van der Waals surface area contributed by atoms with E-state index < -0.39 is 32.4 Å². The Morgan fingerprint density at radius 3 is 2.33 bits per heavy atom. The van der Waals surface area contributed by atoms with Crippen LogP contribution in [0.3, 0.4) is 0 Å². The van der Waals surface area contributed by atoms with Gasteiger partial charge in [0.15, 0.2) is 14.9 Å². The molecular weight excluding hydrogens is 343 g/mol. The molecule has 8 heteroatoms. The van der Waals surface area contributed by atoms with E-state index in [2.05, 4.69) is 4.98 Å². The smallest absolute Gasteiger partial charge is 0.417 e. The highest BCUT2D eigenvalue weighted by Gasteiger charge is 2.31. The monoisotopic (exact) mass is 359 g/mol. The lowest BCUT2D eigenvalue weighted by atomic mass is 10.2. The van der Waals surface area contributed by atoms with Gasteiger partial charge in [0.2, 0.25) is 0 Å². The second-order valence-corrected chi connectivity index (χ2v) is 7.35. The summed E-state index contributed by atoms with van der Waals surface area (Å²) in [6, 6.07) is 8.19. The van der Waals surface area contributed by atoms with E-state index in [9.17, 15) is 21.6 Å². The molecule has 0 unspecified atom stereocenters. The molecule has 0 saturated carbocycles. The predicted molar refractivity (Wildman–Crippen MR) is 82.3 cm³/mol. The first kappa shape index (κ1) is 18.3. The van der Waals surface area contributed by atoms with Gasteiger partial charge in [-0.15, -0.1) is 0 Å². The van der Waals surface area contributed by atoms with Gasteiger partial charge in [-0.3, -0.25) is 0 Å². The summed E-state index contributed by atoms with van der Waals surface area (Å²) in [7, 11) is -3.89. The fourth-order valence-electron chi connectivity index (χ4n) is 2.00. The SMILES string of the molecule is CC(C)Oc1ccccc1CS(=O)(=O)c1ccc(C(F)(F)F)cn1. The van der Waals surface area contributed by atoms with Crippen LogP contribution >= 0.6 is 0 Å². The van der Waals surface area contributed by atoms with Crippen LogP contribution in [0.5, 0.6) is 5.75 Å². The molecule has 0 atom stereocenters. The summed E-state index contributed by atoms with van der Waals surface area (Å²) in [5.41, 5.74) is -0.571. The van der Waals surface area contributed by atoms with E-state index in [-0.39, 0.29) is 6.10 Å². The average Bonchev–Trinajstić information content (AvgIpc) is 2.48. The normalized spacial score (nSPS) is 12.4. The first-order chi connectivity index (χ1) is 11.1. The molecule has 2 aromatic rings. The lowest BCUT2D eigenvalue weighted by molar-refractivity contribution is -0.137. The van der Waals surface area contributed by atoms with Crippen molar-refractivity contribution < 1.29 is 26.3 Å². The zero-order chi connectivity index (χ0) is 18.0. The molecule has 0 bridgehead atoms. The van der Waals surface area contributed by atoms with E-state index >= 15 is 0 Å². The van der Waals surface area contributed by atoms with Crippen molar-refractivity contribution in [3.63, 3.8) is 0 Å². The van der Waals surface area contributed by atoms with E-state index in [1.807, 2.05) is 13.8 Å². The molecule has 4 nitrogen and oxygen atoms in total. The number of sulfone groups is 1. The average molecular weight is 359 g/mol. The molecule has 0 saturated heterocycles. The van der Waals surface area contributed by atoms with Gasteiger partial charge in [0.05, 0.1) is 17.4 Å². The number of halogens is 3. The number of ether oxygens (including phenoxy) is 1. The van der Waals surface area contributed by atoms with Crippen molar-refractivity contribution in [1.82, 2.24) is 4.98 Å². The molecule has 0 spiro atoms. The van der Waals surface area contributed by atoms with Gasteiger partial charge in [0.25, 0.3) is 0 Å². The second kappa shape index (κ2) is 6.80. The molecule has 1 heterocycles. The summed E-state index contributed by atoms with van der Waals surface area (Å²) in [6.45, 7) is 3.62. The van der Waals surface area contributed by atoms with Crippen LogP contribution in [0.1, 0.15) is 25.0 Å². The molecule has 0 aliphatic rings. The number of hydrogen-bond donors (Lipinski definition) is 0. The summed E-state index contributed by atoms with van der Waals surface area (Å²) < 4.78 is 68.0. The van der Waals surface area contributed by atoms with Gasteiger partial charge in [0, 0.05) is 11.8 Å². The van der Waals surface area contributed by atoms with Gasteiger partial charge < -0.3 is 4.74 Å². The Kier molecular flexibility index (Phi) is 5.17. The van der Waals surface area contributed by atoms with Gasteiger partial charge >= 0.3 is 6.18 Å². The van der Waals surface area contributed by atoms with Crippen LogP contribution in [-0.4, -0.2) is 19.5 Å². The molecule has 24 heavy (non-hydrogen) atoms. The molecule has 1 aromatic heterocycles. The third-order valence-corrected chi connectivity index (χ3v) is 4.63. The number of alkyl halides is 3. The van der Waals surface area contributed by atoms with Gasteiger partial charge in [-0.2, -0.15) is 13.2 Å². The lowest BCUT2D eigenvalue weighted by Gasteiger charge is -2.14. The first-order valence-corrected chi connectivity index (χ1v) is 8.75. The molecule has 0 amide bonds. The summed E-state index contributed by atoms with van der Waals surface area (Å²) in [4.78, 5) is 3.45. The fraction of sp³-hybridized carbons (Fsp3) is 0.312. The predicted octanol–water partition coefficient (Wildman–Crippen LogP) is 3.86. The third-order valence-electron chi connectivity index (χ3n) is 3.06. The topological polar surface area (TPSA) is 56.3 Å². The van der Waals surface area contributed by atoms with Crippen molar-refractivity contribution in [1.29, 1.82) is 0 Å². The Bertz CT molecular complexity index is 800. The largest absolute Gasteiger partial charge is 0.491 e. The summed E-state index contributed by atoms with van der Waals surface area (Å²) >= 11 is 0. The van der Waals surface area contributed by atoms with E-state index in [1.165, 1.54) is 0 Å². The zero-order valence-corrected chi connectivity index (χ0v) is 13.9. The minimum absolute atomic E-state index is 0.141. The van der Waals surface area contributed by atoms with Crippen LogP contribution in [-0.2, 0) is 21.8 Å². The standard InChI is InChI=1S/C16H16F3NO3S/c1-11(2)23-14-6-4-3-5-12(14)10-24(21,22)15-8-7-13(9-20-15)16(17,18)19/h3-9,11H,10H2,1-2H3. The molecule has 0 radical (unpaired) electrons. The second-order valence-electron chi connectivity index (χ2n) is 5.42. The Balaban J connectivity index is 2.29. The van der Waals surface area contributed by atoms with Gasteiger partial charge in [-0.25, -0.2) is 13.4 Å². The number of pyridine rings is 1. The lowest BCUT2D eigenvalue weighted by Crippen LogP contribution is -2.12. The molecule has 130 valence electrons. The fourth-order valence-corrected chi connectivity index (χ4v) is 3.29. The number of hydrogen-bond acceptors (Lipinski definition) is 4. The molecule has 1 aromatic carbocycles. The Morgan fingerprint density at radius 2 is 1.79 bits per heavy atom. The molecule has 0 fully saturated rings. The zero-order valence-electron chi connectivity index (χ0n) is 13.0. The highest BCUT2D eigenvalue weighted by molar-refractivity contribution is 7.90. The Morgan fingerprint density at radius 1 is 1.12 bits per heavy atom. The van der Waals surface area contributed by atoms with Crippen molar-refractivity contribution in [3.8, 4) is 5.75 Å². The third kappa shape index (κ3) is 4.47. The van der Waals surface area contributed by atoms with E-state index in [1.54, 1.807) is 24.3 Å². The number of benzene rings is 1. The summed E-state index contributed by atoms with van der Waals surface area (Å²) in [5, 5.41) is -0.408. The van der Waals surface area contributed by atoms with E-state index in [4.69, 9.17) is 4.74 Å². The van der Waals surface area contributed by atoms with Gasteiger partial charge in [0.1, 0.15) is 5.75 Å². The minimum atomic E-state index is -4.56. The van der Waals surface area contributed by atoms with Crippen LogP contribution in [0.2, 0.25) is 0 Å². The van der Waals surface area contributed by atoms with Crippen molar-refractivity contribution in [3.05, 3.63) is 53.7 Å². The quantitative estimate of drug-likeness (QED) is 0.813. The van der Waals surface area contributed by atoms with Crippen molar-refractivity contribution in [2.24, 2.45) is 0 Å². The van der Waals surface area contributed by atoms with Crippen LogP contribution in [0.4, 0.5) is 13.2 Å². The van der Waals surface area contributed by atoms with Crippen molar-refractivity contribution in [2.45, 2.75) is 36.9 Å². The van der Waals surface area contributed by atoms with Crippen molar-refractivity contribution >= 4 is 9.84 Å². The summed E-state index contributed by atoms with van der Waals surface area (Å²) in [6.07, 6.45) is -4.19. The van der Waals surface area contributed by atoms with E-state index in [0.717, 1.165) is 6.07 Å². The molecule has 0 aliphatic carbocycles. The number of para-hydroxylation sites is 1. The Labute approximate surface area is 138 Å². The Hall–Kier alpha value is -2.09. The van der Waals surface area contributed by atoms with Crippen LogP contribution < -0.4 is 4.74 Å². The van der Waals surface area contributed by atoms with Crippen molar-refractivity contribution in [2.75, 3.05) is 0 Å². The van der Waals surface area contributed by atoms with Gasteiger partial charge in [-0.05, 0) is 32.0 Å². The highest BCUT2D eigenvalue weighted by atomic mass is 32.2. The molecule has 0 aliphatic heterocycles. The highest BCUT2D eigenvalue weighted by Crippen LogP contribution is 2.29. The number of rotatable bonds is 5. The minimum Gasteiger partial charge on any atom is -0.491 e. The number of aromatic nitrogens is 1. The molecular formula is C16H16F3NO3S. The van der Waals surface area contributed by atoms with E-state index in [0.29, 0.717) is 23.6 Å². The molecule has 0 N–H and O–H groups in total. The maximum absolute atomic E-state index is 12.5. The summed E-state index contributed by atoms with van der Waals surface area (Å²) in [5.74, 6) is 0.0110.